The van der Waals surface area contributed by atoms with Gasteiger partial charge in [0.1, 0.15) is 0 Å². The van der Waals surface area contributed by atoms with Gasteiger partial charge in [-0.3, -0.25) is 0 Å². The first-order valence-corrected chi connectivity index (χ1v) is 8.17. The van der Waals surface area contributed by atoms with Crippen molar-refractivity contribution in [2.45, 2.75) is 90.4 Å². The van der Waals surface area contributed by atoms with Crippen LogP contribution in [0.25, 0.3) is 0 Å². The summed E-state index contributed by atoms with van der Waals surface area (Å²) in [5.74, 6) is 0. The Morgan fingerprint density at radius 2 is 1.06 bits per heavy atom. The molecule has 0 radical (unpaired) electrons. The Balaban J connectivity index is 3.01. The molecule has 0 nitrogen and oxygen atoms in total. The van der Waals surface area contributed by atoms with E-state index in [9.17, 15) is 0 Å². The molecule has 0 spiro atoms. The van der Waals surface area contributed by atoms with Crippen LogP contribution in [0.3, 0.4) is 0 Å². The maximum absolute atomic E-state index is 3.75. The monoisotopic (exact) mass is 250 g/mol. The summed E-state index contributed by atoms with van der Waals surface area (Å²) in [5, 5.41) is 0. The average molecular weight is 250 g/mol. The number of hydrogen-bond acceptors (Lipinski definition) is 0. The van der Waals surface area contributed by atoms with Gasteiger partial charge in [-0.2, -0.15) is 0 Å². The molecule has 0 heterocycles. The Morgan fingerprint density at radius 1 is 0.611 bits per heavy atom. The van der Waals surface area contributed by atoms with Crippen LogP contribution in [0, 0.1) is 0 Å². The molecule has 0 aliphatic heterocycles. The molecule has 0 amide bonds. The molecule has 0 rings (SSSR count). The normalized spacial score (nSPS) is 11.2. The highest BCUT2D eigenvalue weighted by atomic mass is 14.0. The minimum absolute atomic E-state index is 1.20. The van der Waals surface area contributed by atoms with Gasteiger partial charge in [-0.1, -0.05) is 70.1 Å². The third-order valence-electron chi connectivity index (χ3n) is 3.42. The second-order valence-corrected chi connectivity index (χ2v) is 5.31. The van der Waals surface area contributed by atoms with E-state index in [-0.39, 0.29) is 0 Å². The summed E-state index contributed by atoms with van der Waals surface area (Å²) in [4.78, 5) is 0. The molecule has 106 valence electrons. The van der Waals surface area contributed by atoms with Crippen LogP contribution in [0.5, 0.6) is 0 Å². The fraction of sp³-hybridized carbons (Fsp3) is 0.778. The van der Waals surface area contributed by atoms with Gasteiger partial charge in [-0.05, 0) is 38.5 Å². The summed E-state index contributed by atoms with van der Waals surface area (Å²) in [6, 6.07) is 0. The van der Waals surface area contributed by atoms with E-state index in [0.29, 0.717) is 0 Å². The highest BCUT2D eigenvalue weighted by Crippen LogP contribution is 2.09. The van der Waals surface area contributed by atoms with E-state index < -0.39 is 0 Å². The van der Waals surface area contributed by atoms with Gasteiger partial charge in [0.25, 0.3) is 0 Å². The minimum atomic E-state index is 1.20. The van der Waals surface area contributed by atoms with Crippen molar-refractivity contribution >= 4 is 0 Å². The highest BCUT2D eigenvalue weighted by molar-refractivity contribution is 4.81. The summed E-state index contributed by atoms with van der Waals surface area (Å²) < 4.78 is 0. The summed E-state index contributed by atoms with van der Waals surface area (Å²) in [6.45, 7) is 6.02. The van der Waals surface area contributed by atoms with Crippen LogP contribution in [0.4, 0.5) is 0 Å². The summed E-state index contributed by atoms with van der Waals surface area (Å²) in [5.41, 5.74) is 0. The first-order valence-electron chi connectivity index (χ1n) is 8.17. The van der Waals surface area contributed by atoms with Crippen LogP contribution in [0.1, 0.15) is 90.4 Å². The van der Waals surface area contributed by atoms with Crippen molar-refractivity contribution in [2.75, 3.05) is 0 Å². The van der Waals surface area contributed by atoms with Crippen molar-refractivity contribution in [1.82, 2.24) is 0 Å². The summed E-state index contributed by atoms with van der Waals surface area (Å²) in [6.07, 6.45) is 24.5. The lowest BCUT2D eigenvalue weighted by Gasteiger charge is -1.99. The number of hydrogen-bond donors (Lipinski definition) is 0. The molecule has 0 aromatic rings. The van der Waals surface area contributed by atoms with Crippen molar-refractivity contribution < 1.29 is 0 Å². The topological polar surface area (TPSA) is 0 Å². The van der Waals surface area contributed by atoms with Crippen molar-refractivity contribution in [3.8, 4) is 0 Å². The van der Waals surface area contributed by atoms with Crippen LogP contribution in [-0.2, 0) is 0 Å². The van der Waals surface area contributed by atoms with Gasteiger partial charge in [0, 0.05) is 0 Å². The van der Waals surface area contributed by atoms with Crippen molar-refractivity contribution in [3.05, 3.63) is 24.8 Å². The fourth-order valence-corrected chi connectivity index (χ4v) is 2.18. The molecule has 0 saturated heterocycles. The van der Waals surface area contributed by atoms with Gasteiger partial charge in [-0.15, -0.1) is 6.58 Å². The van der Waals surface area contributed by atoms with Crippen LogP contribution >= 0.6 is 0 Å². The molecule has 18 heavy (non-hydrogen) atoms. The minimum Gasteiger partial charge on any atom is -0.103 e. The van der Waals surface area contributed by atoms with Gasteiger partial charge in [-0.25, -0.2) is 0 Å². The number of allylic oxidation sites excluding steroid dienone is 3. The SMILES string of the molecule is C=CCCCCCCCC/C=C\CCCCCC. The lowest BCUT2D eigenvalue weighted by Crippen LogP contribution is -1.79. The van der Waals surface area contributed by atoms with E-state index in [4.69, 9.17) is 0 Å². The van der Waals surface area contributed by atoms with E-state index >= 15 is 0 Å². The second kappa shape index (κ2) is 16.5. The van der Waals surface area contributed by atoms with Gasteiger partial charge < -0.3 is 0 Å². The predicted molar refractivity (Wildman–Crippen MR) is 85.0 cm³/mol. The third-order valence-corrected chi connectivity index (χ3v) is 3.42. The molecule has 0 aliphatic rings. The van der Waals surface area contributed by atoms with E-state index in [0.717, 1.165) is 0 Å². The first-order chi connectivity index (χ1) is 8.91. The van der Waals surface area contributed by atoms with Crippen LogP contribution in [0.15, 0.2) is 24.8 Å². The molecule has 0 saturated carbocycles. The number of rotatable bonds is 14. The predicted octanol–water partition coefficient (Wildman–Crippen LogP) is 6.82. The molecule has 0 aromatic heterocycles. The zero-order valence-electron chi connectivity index (χ0n) is 12.6. The third kappa shape index (κ3) is 15.5. The van der Waals surface area contributed by atoms with Gasteiger partial charge >= 0.3 is 0 Å². The smallest absolute Gasteiger partial charge is 0.0351 e. The van der Waals surface area contributed by atoms with Gasteiger partial charge in [0.2, 0.25) is 0 Å². The molecule has 0 bridgehead atoms. The Hall–Kier alpha value is -0.520. The van der Waals surface area contributed by atoms with Crippen molar-refractivity contribution in [3.63, 3.8) is 0 Å². The van der Waals surface area contributed by atoms with Crippen LogP contribution < -0.4 is 0 Å². The second-order valence-electron chi connectivity index (χ2n) is 5.31. The van der Waals surface area contributed by atoms with Crippen molar-refractivity contribution in [1.29, 1.82) is 0 Å². The molecule has 0 aliphatic carbocycles. The molecule has 0 heteroatoms. The van der Waals surface area contributed by atoms with Crippen LogP contribution in [-0.4, -0.2) is 0 Å². The molecular formula is C18H34. The Kier molecular flexibility index (Phi) is 16.0. The zero-order valence-corrected chi connectivity index (χ0v) is 12.6. The Morgan fingerprint density at radius 3 is 1.56 bits per heavy atom. The number of unbranched alkanes of at least 4 members (excludes halogenated alkanes) is 11. The molecule has 0 aromatic carbocycles. The Labute approximate surface area is 116 Å². The quantitative estimate of drug-likeness (QED) is 0.234. The molecular weight excluding hydrogens is 216 g/mol. The Bertz CT molecular complexity index is 178. The lowest BCUT2D eigenvalue weighted by molar-refractivity contribution is 0.599. The first kappa shape index (κ1) is 17.5. The van der Waals surface area contributed by atoms with E-state index in [1.807, 2.05) is 6.08 Å². The van der Waals surface area contributed by atoms with Gasteiger partial charge in [0.15, 0.2) is 0 Å². The zero-order chi connectivity index (χ0) is 13.3. The van der Waals surface area contributed by atoms with E-state index in [1.54, 1.807) is 0 Å². The highest BCUT2D eigenvalue weighted by Gasteiger charge is 1.90. The lowest BCUT2D eigenvalue weighted by atomic mass is 10.1. The summed E-state index contributed by atoms with van der Waals surface area (Å²) in [7, 11) is 0. The molecule has 0 N–H and O–H groups in total. The molecule has 0 unspecified atom stereocenters. The molecule has 0 fully saturated rings. The summed E-state index contributed by atoms with van der Waals surface area (Å²) >= 11 is 0. The maximum atomic E-state index is 3.75. The fourth-order valence-electron chi connectivity index (χ4n) is 2.18. The maximum Gasteiger partial charge on any atom is -0.0351 e. The van der Waals surface area contributed by atoms with Crippen LogP contribution in [0.2, 0.25) is 0 Å². The standard InChI is InChI=1S/C18H34/c1-3-5-7-9-11-13-15-17-18-16-14-12-10-8-6-4-2/h3,14,16H,1,4-13,15,17-18H2,2H3/b16-14-. The van der Waals surface area contributed by atoms with Crippen molar-refractivity contribution in [2.24, 2.45) is 0 Å². The molecule has 0 atom stereocenters. The van der Waals surface area contributed by atoms with E-state index in [1.165, 1.54) is 83.5 Å². The largest absolute Gasteiger partial charge is 0.103 e. The average Bonchev–Trinajstić information content (AvgIpc) is 2.39. The van der Waals surface area contributed by atoms with E-state index in [2.05, 4.69) is 25.7 Å². The van der Waals surface area contributed by atoms with Gasteiger partial charge in [0.05, 0.1) is 0 Å².